The number of alkyl carbamates (subject to hydrolysis) is 1. The van der Waals surface area contributed by atoms with Crippen LogP contribution in [0.4, 0.5) is 4.79 Å². The second-order valence-electron chi connectivity index (χ2n) is 6.00. The van der Waals surface area contributed by atoms with E-state index >= 15 is 0 Å². The fourth-order valence-electron chi connectivity index (χ4n) is 2.82. The zero-order valence-electron chi connectivity index (χ0n) is 16.2. The predicted octanol–water partition coefficient (Wildman–Crippen LogP) is 4.68. The molecule has 28 heavy (non-hydrogen) atoms. The van der Waals surface area contributed by atoms with Gasteiger partial charge in [0.2, 0.25) is 5.91 Å². The van der Waals surface area contributed by atoms with Crippen molar-refractivity contribution in [3.05, 3.63) is 83.9 Å². The van der Waals surface area contributed by atoms with Crippen LogP contribution in [0, 0.1) is 0 Å². The Morgan fingerprint density at radius 3 is 2.32 bits per heavy atom. The van der Waals surface area contributed by atoms with E-state index in [2.05, 4.69) is 5.32 Å². The summed E-state index contributed by atoms with van der Waals surface area (Å²) in [4.78, 5) is 23.8. The van der Waals surface area contributed by atoms with Gasteiger partial charge < -0.3 is 15.8 Å². The van der Waals surface area contributed by atoms with Crippen molar-refractivity contribution in [2.24, 2.45) is 5.73 Å². The lowest BCUT2D eigenvalue weighted by atomic mass is 9.98. The average molecular weight is 383 g/mol. The Kier molecular flexibility index (Phi) is 8.03. The van der Waals surface area contributed by atoms with E-state index in [1.807, 2.05) is 86.6 Å². The first-order valence-corrected chi connectivity index (χ1v) is 9.36. The van der Waals surface area contributed by atoms with Crippen molar-refractivity contribution in [3.8, 4) is 0 Å². The third-order valence-electron chi connectivity index (χ3n) is 4.15. The number of nitrogens with two attached hydrogens (primary N) is 1. The Morgan fingerprint density at radius 1 is 0.964 bits per heavy atom. The summed E-state index contributed by atoms with van der Waals surface area (Å²) in [5, 5.41) is 4.66. The van der Waals surface area contributed by atoms with E-state index in [0.29, 0.717) is 6.42 Å². The molecule has 3 aromatic carbocycles. The zero-order valence-corrected chi connectivity index (χ0v) is 16.2. The molecule has 0 saturated heterocycles. The summed E-state index contributed by atoms with van der Waals surface area (Å²) < 4.78 is 5.18. The summed E-state index contributed by atoms with van der Waals surface area (Å²) in [5.74, 6) is -0.602. The summed E-state index contributed by atoms with van der Waals surface area (Å²) in [6.45, 7) is 4.13. The number of carbonyl (C=O) groups is 2. The molecule has 1 atom stereocenters. The van der Waals surface area contributed by atoms with Crippen molar-refractivity contribution in [3.63, 3.8) is 0 Å². The Bertz CT molecular complexity index is 915. The van der Waals surface area contributed by atoms with Crippen LogP contribution in [0.5, 0.6) is 0 Å². The van der Waals surface area contributed by atoms with Gasteiger partial charge in [-0.15, -0.1) is 0 Å². The molecule has 3 aromatic rings. The van der Waals surface area contributed by atoms with Crippen molar-refractivity contribution in [1.82, 2.24) is 5.32 Å². The topological polar surface area (TPSA) is 81.4 Å². The molecule has 2 amide bonds. The molecule has 0 aliphatic heterocycles. The first kappa shape index (κ1) is 21.0. The van der Waals surface area contributed by atoms with Crippen molar-refractivity contribution >= 4 is 22.8 Å². The Morgan fingerprint density at radius 2 is 1.61 bits per heavy atom. The van der Waals surface area contributed by atoms with Crippen LogP contribution < -0.4 is 11.1 Å². The van der Waals surface area contributed by atoms with E-state index in [-0.39, 0.29) is 9.46 Å². The van der Waals surface area contributed by atoms with E-state index in [0.717, 1.165) is 21.9 Å². The molecule has 5 heteroatoms. The lowest BCUT2D eigenvalue weighted by molar-refractivity contribution is -0.119. The lowest BCUT2D eigenvalue weighted by Gasteiger charge is -2.17. The van der Waals surface area contributed by atoms with Crippen LogP contribution >= 0.6 is 0 Å². The van der Waals surface area contributed by atoms with Crippen molar-refractivity contribution in [1.29, 1.82) is 0 Å². The molecule has 0 unspecified atom stereocenters. The summed E-state index contributed by atoms with van der Waals surface area (Å²) in [6.07, 6.45) is -0.366. The van der Waals surface area contributed by atoms with Gasteiger partial charge in [-0.2, -0.15) is 0 Å². The maximum Gasteiger partial charge on any atom is 0.408 e. The van der Waals surface area contributed by atoms with Gasteiger partial charge in [0, 0.05) is 9.27 Å². The summed E-state index contributed by atoms with van der Waals surface area (Å²) >= 11 is 0. The van der Waals surface area contributed by atoms with Gasteiger partial charge in [0.25, 0.3) is 0 Å². The molecule has 0 bridgehead atoms. The highest BCUT2D eigenvalue weighted by Gasteiger charge is 2.20. The second kappa shape index (κ2) is 10.7. The molecule has 0 heterocycles. The Labute approximate surface area is 168 Å². The standard InChI is InChI=1S/C21H20N2O3.C2H6.2H2/c22-20(24)19(23-21(25)26-14-15-7-2-1-3-8-15)13-17-11-6-10-16-9-4-5-12-18(16)17;1-2;;/h1-12,19H,13-14H2,(H2,22,24)(H,23,25);1-2H3;2*1H/t19-;;;/m0.../s1. The number of rotatable bonds is 6. The largest absolute Gasteiger partial charge is 0.445 e. The molecule has 0 aromatic heterocycles. The summed E-state index contributed by atoms with van der Waals surface area (Å²) in [6, 6.07) is 22.2. The number of hydrogen-bond donors (Lipinski definition) is 2. The maximum absolute atomic E-state index is 12.0. The Balaban J connectivity index is 0.00000204. The summed E-state index contributed by atoms with van der Waals surface area (Å²) in [7, 11) is 0. The maximum atomic E-state index is 12.0. The lowest BCUT2D eigenvalue weighted by Crippen LogP contribution is -2.46. The minimum absolute atomic E-state index is 0. The number of benzene rings is 3. The van der Waals surface area contributed by atoms with Crippen molar-refractivity contribution in [2.75, 3.05) is 0 Å². The van der Waals surface area contributed by atoms with Gasteiger partial charge in [-0.05, 0) is 21.9 Å². The highest BCUT2D eigenvalue weighted by Crippen LogP contribution is 2.19. The van der Waals surface area contributed by atoms with Crippen LogP contribution in [-0.4, -0.2) is 18.0 Å². The number of primary amides is 1. The number of carbonyl (C=O) groups excluding carboxylic acids is 2. The van der Waals surface area contributed by atoms with E-state index in [1.165, 1.54) is 0 Å². The number of ether oxygens (including phenoxy) is 1. The number of nitrogens with one attached hydrogen (secondary N) is 1. The SMILES string of the molecule is CC.NC(=O)[C@H](Cc1cccc2ccccc12)NC(=O)OCc1ccccc1.[HH].[HH]. The minimum Gasteiger partial charge on any atom is -0.445 e. The third-order valence-corrected chi connectivity index (χ3v) is 4.15. The average Bonchev–Trinajstić information content (AvgIpc) is 2.74. The van der Waals surface area contributed by atoms with Gasteiger partial charge in [-0.25, -0.2) is 4.79 Å². The monoisotopic (exact) mass is 382 g/mol. The van der Waals surface area contributed by atoms with Crippen molar-refractivity contribution < 1.29 is 17.2 Å². The highest BCUT2D eigenvalue weighted by molar-refractivity contribution is 5.88. The highest BCUT2D eigenvalue weighted by atomic mass is 16.5. The molecule has 5 nitrogen and oxygen atoms in total. The van der Waals surface area contributed by atoms with Crippen LogP contribution in [0.2, 0.25) is 0 Å². The third kappa shape index (κ3) is 5.84. The molecule has 0 aliphatic rings. The molecule has 3 rings (SSSR count). The first-order chi connectivity index (χ1) is 13.6. The van der Waals surface area contributed by atoms with Gasteiger partial charge in [-0.3, -0.25) is 4.79 Å². The van der Waals surface area contributed by atoms with Gasteiger partial charge in [0.15, 0.2) is 0 Å². The number of fused-ring (bicyclic) bond motifs is 1. The molecular weight excluding hydrogens is 352 g/mol. The molecule has 0 saturated carbocycles. The van der Waals surface area contributed by atoms with Gasteiger partial charge >= 0.3 is 6.09 Å². The summed E-state index contributed by atoms with van der Waals surface area (Å²) in [5.41, 5.74) is 7.28. The molecule has 150 valence electrons. The van der Waals surface area contributed by atoms with Gasteiger partial charge in [-0.1, -0.05) is 86.6 Å². The molecule has 0 spiro atoms. The molecule has 0 radical (unpaired) electrons. The van der Waals surface area contributed by atoms with E-state index in [1.54, 1.807) is 0 Å². The van der Waals surface area contributed by atoms with E-state index in [4.69, 9.17) is 10.5 Å². The normalized spacial score (nSPS) is 11.1. The first-order valence-electron chi connectivity index (χ1n) is 9.36. The molecular formula is C23H30N2O3. The van der Waals surface area contributed by atoms with Gasteiger partial charge in [0.05, 0.1) is 0 Å². The number of amides is 2. The quantitative estimate of drug-likeness (QED) is 0.649. The van der Waals surface area contributed by atoms with E-state index in [9.17, 15) is 9.59 Å². The molecule has 0 aliphatic carbocycles. The van der Waals surface area contributed by atoms with Crippen LogP contribution in [-0.2, 0) is 22.6 Å². The predicted molar refractivity (Wildman–Crippen MR) is 116 cm³/mol. The fourth-order valence-corrected chi connectivity index (χ4v) is 2.82. The van der Waals surface area contributed by atoms with Crippen LogP contribution in [0.3, 0.4) is 0 Å². The van der Waals surface area contributed by atoms with Gasteiger partial charge in [0.1, 0.15) is 12.6 Å². The smallest absolute Gasteiger partial charge is 0.408 e. The fraction of sp³-hybridized carbons (Fsp3) is 0.217. The number of hydrogen-bond acceptors (Lipinski definition) is 3. The van der Waals surface area contributed by atoms with Crippen LogP contribution in [0.1, 0.15) is 27.8 Å². The molecule has 3 N–H and O–H groups in total. The minimum atomic E-state index is -0.843. The molecule has 0 fully saturated rings. The second-order valence-corrected chi connectivity index (χ2v) is 6.00. The zero-order chi connectivity index (χ0) is 20.4. The van der Waals surface area contributed by atoms with E-state index < -0.39 is 18.0 Å². The Hall–Kier alpha value is -3.34. The van der Waals surface area contributed by atoms with Crippen LogP contribution in [0.15, 0.2) is 72.8 Å². The van der Waals surface area contributed by atoms with Crippen LogP contribution in [0.25, 0.3) is 10.8 Å². The van der Waals surface area contributed by atoms with Crippen molar-refractivity contribution in [2.45, 2.75) is 32.9 Å².